The van der Waals surface area contributed by atoms with Gasteiger partial charge in [0, 0.05) is 0 Å². The second-order valence-electron chi connectivity index (χ2n) is 4.12. The topological polar surface area (TPSA) is 57.5 Å². The zero-order valence-electron chi connectivity index (χ0n) is 9.98. The average molecular weight is 282 g/mol. The Kier molecular flexibility index (Phi) is 3.40. The maximum atomic E-state index is 12.9. The summed E-state index contributed by atoms with van der Waals surface area (Å²) in [5.41, 5.74) is -1.35. The molecule has 0 aromatic heterocycles. The van der Waals surface area contributed by atoms with Crippen molar-refractivity contribution in [1.29, 1.82) is 0 Å². The molecule has 0 fully saturated rings. The Bertz CT molecular complexity index is 663. The van der Waals surface area contributed by atoms with Crippen LogP contribution in [-0.2, 0) is 6.18 Å². The molecule has 104 valence electrons. The summed E-state index contributed by atoms with van der Waals surface area (Å²) in [6.07, 6.45) is -4.56. The summed E-state index contributed by atoms with van der Waals surface area (Å²) in [6.45, 7) is 0. The zero-order valence-corrected chi connectivity index (χ0v) is 9.98. The number of phenolic OH excluding ortho intramolecular Hbond substituents is 1. The van der Waals surface area contributed by atoms with Crippen molar-refractivity contribution in [3.05, 3.63) is 53.6 Å². The molecule has 0 radical (unpaired) electrons. The highest BCUT2D eigenvalue weighted by atomic mass is 19.4. The van der Waals surface area contributed by atoms with Crippen molar-refractivity contribution in [3.63, 3.8) is 0 Å². The fourth-order valence-corrected chi connectivity index (χ4v) is 1.87. The molecule has 0 unspecified atom stereocenters. The van der Waals surface area contributed by atoms with Gasteiger partial charge in [-0.3, -0.25) is 0 Å². The van der Waals surface area contributed by atoms with Gasteiger partial charge in [-0.25, -0.2) is 4.79 Å². The van der Waals surface area contributed by atoms with Gasteiger partial charge in [-0.1, -0.05) is 18.2 Å². The van der Waals surface area contributed by atoms with Crippen molar-refractivity contribution < 1.29 is 28.2 Å². The minimum Gasteiger partial charge on any atom is -0.508 e. The molecule has 2 aromatic carbocycles. The number of carbonyl (C=O) groups is 1. The molecule has 0 saturated heterocycles. The smallest absolute Gasteiger partial charge is 0.417 e. The van der Waals surface area contributed by atoms with Crippen LogP contribution in [0, 0.1) is 0 Å². The van der Waals surface area contributed by atoms with E-state index in [2.05, 4.69) is 0 Å². The Morgan fingerprint density at radius 1 is 1.05 bits per heavy atom. The first-order chi connectivity index (χ1) is 9.29. The van der Waals surface area contributed by atoms with E-state index >= 15 is 0 Å². The number of carboxylic acid groups (broad SMARTS) is 1. The SMILES string of the molecule is O=C(O)c1cc(O)cc(-c2ccccc2C(F)(F)F)c1. The highest BCUT2D eigenvalue weighted by molar-refractivity contribution is 5.90. The molecule has 2 N–H and O–H groups in total. The third kappa shape index (κ3) is 2.74. The molecule has 0 aliphatic heterocycles. The lowest BCUT2D eigenvalue weighted by Gasteiger charge is -2.13. The van der Waals surface area contributed by atoms with Crippen molar-refractivity contribution in [3.8, 4) is 16.9 Å². The molecule has 0 saturated carbocycles. The summed E-state index contributed by atoms with van der Waals surface area (Å²) < 4.78 is 38.7. The molecule has 0 aliphatic rings. The standard InChI is InChI=1S/C14H9F3O3/c15-14(16,17)12-4-2-1-3-11(12)8-5-9(13(19)20)7-10(18)6-8/h1-7,18H,(H,19,20). The lowest BCUT2D eigenvalue weighted by atomic mass is 9.97. The summed E-state index contributed by atoms with van der Waals surface area (Å²) >= 11 is 0. The number of hydrogen-bond donors (Lipinski definition) is 2. The first-order valence-corrected chi connectivity index (χ1v) is 5.53. The number of aromatic hydroxyl groups is 1. The van der Waals surface area contributed by atoms with Crippen LogP contribution in [0.5, 0.6) is 5.75 Å². The third-order valence-corrected chi connectivity index (χ3v) is 2.71. The lowest BCUT2D eigenvalue weighted by molar-refractivity contribution is -0.137. The van der Waals surface area contributed by atoms with E-state index in [0.29, 0.717) is 0 Å². The van der Waals surface area contributed by atoms with E-state index in [1.165, 1.54) is 18.2 Å². The van der Waals surface area contributed by atoms with E-state index in [1.807, 2.05) is 0 Å². The number of carboxylic acids is 1. The minimum absolute atomic E-state index is 0.00433. The van der Waals surface area contributed by atoms with Crippen molar-refractivity contribution in [2.75, 3.05) is 0 Å². The maximum absolute atomic E-state index is 12.9. The van der Waals surface area contributed by atoms with Gasteiger partial charge in [-0.2, -0.15) is 13.2 Å². The van der Waals surface area contributed by atoms with Crippen LogP contribution >= 0.6 is 0 Å². The molecule has 0 bridgehead atoms. The molecule has 0 heterocycles. The quantitative estimate of drug-likeness (QED) is 0.881. The number of benzene rings is 2. The number of aromatic carboxylic acids is 1. The average Bonchev–Trinajstić information content (AvgIpc) is 2.37. The van der Waals surface area contributed by atoms with Gasteiger partial charge in [-0.15, -0.1) is 0 Å². The first-order valence-electron chi connectivity index (χ1n) is 5.53. The number of phenols is 1. The Morgan fingerprint density at radius 3 is 2.30 bits per heavy atom. The predicted molar refractivity (Wildman–Crippen MR) is 65.5 cm³/mol. The van der Waals surface area contributed by atoms with Gasteiger partial charge >= 0.3 is 12.1 Å². The van der Waals surface area contributed by atoms with E-state index in [9.17, 15) is 23.1 Å². The highest BCUT2D eigenvalue weighted by Gasteiger charge is 2.33. The Labute approximate surface area is 111 Å². The van der Waals surface area contributed by atoms with E-state index in [4.69, 9.17) is 5.11 Å². The largest absolute Gasteiger partial charge is 0.508 e. The number of alkyl halides is 3. The fourth-order valence-electron chi connectivity index (χ4n) is 1.87. The van der Waals surface area contributed by atoms with Crippen LogP contribution in [0.4, 0.5) is 13.2 Å². The van der Waals surface area contributed by atoms with Crippen molar-refractivity contribution in [2.24, 2.45) is 0 Å². The fraction of sp³-hybridized carbons (Fsp3) is 0.0714. The van der Waals surface area contributed by atoms with Gasteiger partial charge in [0.25, 0.3) is 0 Å². The monoisotopic (exact) mass is 282 g/mol. The Balaban J connectivity index is 2.66. The highest BCUT2D eigenvalue weighted by Crippen LogP contribution is 2.38. The molecule has 0 atom stereocenters. The molecular formula is C14H9F3O3. The van der Waals surface area contributed by atoms with Gasteiger partial charge in [0.05, 0.1) is 11.1 Å². The molecule has 6 heteroatoms. The predicted octanol–water partition coefficient (Wildman–Crippen LogP) is 3.78. The van der Waals surface area contributed by atoms with Crippen LogP contribution in [0.15, 0.2) is 42.5 Å². The van der Waals surface area contributed by atoms with Crippen LogP contribution in [0.1, 0.15) is 15.9 Å². The van der Waals surface area contributed by atoms with Crippen LogP contribution in [0.2, 0.25) is 0 Å². The van der Waals surface area contributed by atoms with Crippen molar-refractivity contribution in [2.45, 2.75) is 6.18 Å². The molecule has 0 amide bonds. The lowest BCUT2D eigenvalue weighted by Crippen LogP contribution is -2.07. The van der Waals surface area contributed by atoms with Crippen molar-refractivity contribution >= 4 is 5.97 Å². The molecule has 0 aliphatic carbocycles. The van der Waals surface area contributed by atoms with Gasteiger partial charge < -0.3 is 10.2 Å². The van der Waals surface area contributed by atoms with Gasteiger partial charge in [0.1, 0.15) is 5.75 Å². The van der Waals surface area contributed by atoms with E-state index < -0.39 is 23.5 Å². The maximum Gasteiger partial charge on any atom is 0.417 e. The third-order valence-electron chi connectivity index (χ3n) is 2.71. The molecule has 2 rings (SSSR count). The summed E-state index contributed by atoms with van der Waals surface area (Å²) in [5, 5.41) is 18.3. The van der Waals surface area contributed by atoms with Gasteiger partial charge in [0.15, 0.2) is 0 Å². The molecule has 3 nitrogen and oxygen atoms in total. The summed E-state index contributed by atoms with van der Waals surface area (Å²) in [4.78, 5) is 10.9. The first kappa shape index (κ1) is 13.9. The van der Waals surface area contributed by atoms with E-state index in [1.54, 1.807) is 0 Å². The molecular weight excluding hydrogens is 273 g/mol. The summed E-state index contributed by atoms with van der Waals surface area (Å²) in [6, 6.07) is 7.94. The normalized spacial score (nSPS) is 11.3. The Hall–Kier alpha value is -2.50. The number of rotatable bonds is 2. The van der Waals surface area contributed by atoms with Crippen LogP contribution in [-0.4, -0.2) is 16.2 Å². The van der Waals surface area contributed by atoms with Crippen LogP contribution in [0.3, 0.4) is 0 Å². The van der Waals surface area contributed by atoms with Crippen LogP contribution in [0.25, 0.3) is 11.1 Å². The summed E-state index contributed by atoms with van der Waals surface area (Å²) in [7, 11) is 0. The second-order valence-corrected chi connectivity index (χ2v) is 4.12. The summed E-state index contributed by atoms with van der Waals surface area (Å²) in [5.74, 6) is -1.73. The van der Waals surface area contributed by atoms with E-state index in [-0.39, 0.29) is 16.7 Å². The van der Waals surface area contributed by atoms with Crippen LogP contribution < -0.4 is 0 Å². The van der Waals surface area contributed by atoms with Gasteiger partial charge in [0.2, 0.25) is 0 Å². The minimum atomic E-state index is -4.56. The Morgan fingerprint density at radius 2 is 1.70 bits per heavy atom. The molecule has 2 aromatic rings. The molecule has 20 heavy (non-hydrogen) atoms. The number of hydrogen-bond acceptors (Lipinski definition) is 2. The van der Waals surface area contributed by atoms with Gasteiger partial charge in [-0.05, 0) is 35.4 Å². The number of halogens is 3. The van der Waals surface area contributed by atoms with E-state index in [0.717, 1.165) is 24.3 Å². The van der Waals surface area contributed by atoms with Crippen molar-refractivity contribution in [1.82, 2.24) is 0 Å². The molecule has 0 spiro atoms. The second kappa shape index (κ2) is 4.88. The zero-order chi connectivity index (χ0) is 14.9.